The maximum Gasteiger partial charge on any atom is 0.274 e. The first-order valence-electron chi connectivity index (χ1n) is 10.5. The van der Waals surface area contributed by atoms with E-state index in [1.54, 1.807) is 54.7 Å². The zero-order valence-electron chi connectivity index (χ0n) is 17.7. The number of carbonyl (C=O) groups is 2. The minimum Gasteiger partial charge on any atom is -0.321 e. The molecule has 3 aromatic rings. The number of amides is 2. The summed E-state index contributed by atoms with van der Waals surface area (Å²) in [6, 6.07) is 15.4. The van der Waals surface area contributed by atoms with Crippen molar-refractivity contribution in [2.24, 2.45) is 0 Å². The number of anilines is 2. The van der Waals surface area contributed by atoms with Gasteiger partial charge in [-0.2, -0.15) is 0 Å². The van der Waals surface area contributed by atoms with E-state index in [0.29, 0.717) is 43.0 Å². The van der Waals surface area contributed by atoms with Crippen LogP contribution in [0.15, 0.2) is 72.4 Å². The van der Waals surface area contributed by atoms with Gasteiger partial charge >= 0.3 is 0 Å². The van der Waals surface area contributed by atoms with E-state index in [1.165, 1.54) is 11.1 Å². The minimum absolute atomic E-state index is 0.231. The normalized spacial score (nSPS) is 13.9. The van der Waals surface area contributed by atoms with Crippen LogP contribution in [0.2, 0.25) is 0 Å². The highest BCUT2D eigenvalue weighted by Crippen LogP contribution is 2.25. The van der Waals surface area contributed by atoms with Crippen LogP contribution < -0.4 is 10.3 Å². The van der Waals surface area contributed by atoms with Crippen molar-refractivity contribution in [1.29, 1.82) is 0 Å². The molecule has 0 bridgehead atoms. The van der Waals surface area contributed by atoms with Crippen LogP contribution in [0.3, 0.4) is 0 Å². The van der Waals surface area contributed by atoms with Crippen molar-refractivity contribution in [2.75, 3.05) is 23.4 Å². The fourth-order valence-corrected chi connectivity index (χ4v) is 3.67. The van der Waals surface area contributed by atoms with E-state index in [4.69, 9.17) is 0 Å². The van der Waals surface area contributed by atoms with E-state index in [9.17, 15) is 18.4 Å². The number of aromatic nitrogens is 1. The molecule has 0 spiro atoms. The van der Waals surface area contributed by atoms with Crippen LogP contribution in [0, 0.1) is 11.6 Å². The molecule has 2 heterocycles. The highest BCUT2D eigenvalue weighted by molar-refractivity contribution is 6.02. The van der Waals surface area contributed by atoms with E-state index in [-0.39, 0.29) is 11.5 Å². The standard InChI is InChI=1S/C25H22F2N4O2/c26-20-4-9-23(27)19(16-20)15-18-10-13-30(14-11-18)31(17-32)22-7-5-21(6-8-22)29-25(33)24-3-1-2-12-28-24/h1-9,12,15-17H,10-11,13-14H2,(H,29,33). The quantitative estimate of drug-likeness (QED) is 0.557. The average Bonchev–Trinajstić information content (AvgIpc) is 2.84. The van der Waals surface area contributed by atoms with Gasteiger partial charge in [0.05, 0.1) is 5.69 Å². The molecule has 33 heavy (non-hydrogen) atoms. The second-order valence-corrected chi connectivity index (χ2v) is 7.59. The first kappa shape index (κ1) is 22.3. The van der Waals surface area contributed by atoms with Crippen molar-refractivity contribution in [3.8, 4) is 0 Å². The van der Waals surface area contributed by atoms with Gasteiger partial charge in [0.15, 0.2) is 0 Å². The minimum atomic E-state index is -0.479. The number of nitrogens with one attached hydrogen (secondary N) is 1. The average molecular weight is 448 g/mol. The van der Waals surface area contributed by atoms with E-state index >= 15 is 0 Å². The SMILES string of the molecule is O=CN(c1ccc(NC(=O)c2ccccn2)cc1)N1CCC(=Cc2cc(F)ccc2F)CC1. The zero-order chi connectivity index (χ0) is 23.2. The largest absolute Gasteiger partial charge is 0.321 e. The summed E-state index contributed by atoms with van der Waals surface area (Å²) in [5.74, 6) is -1.26. The Morgan fingerprint density at radius 1 is 1.03 bits per heavy atom. The molecule has 1 aliphatic heterocycles. The van der Waals surface area contributed by atoms with Crippen molar-refractivity contribution in [3.63, 3.8) is 0 Å². The molecule has 1 saturated heterocycles. The molecule has 4 rings (SSSR count). The predicted octanol–water partition coefficient (Wildman–Crippen LogP) is 4.67. The Morgan fingerprint density at radius 3 is 2.45 bits per heavy atom. The first-order chi connectivity index (χ1) is 16.0. The summed E-state index contributed by atoms with van der Waals surface area (Å²) >= 11 is 0. The van der Waals surface area contributed by atoms with Gasteiger partial charge in [-0.25, -0.2) is 18.8 Å². The Hall–Kier alpha value is -3.91. The number of hydrazine groups is 1. The van der Waals surface area contributed by atoms with E-state index in [0.717, 1.165) is 24.1 Å². The molecule has 1 fully saturated rings. The molecule has 2 amide bonds. The van der Waals surface area contributed by atoms with E-state index in [1.807, 2.05) is 5.01 Å². The Balaban J connectivity index is 1.39. The second-order valence-electron chi connectivity index (χ2n) is 7.59. The van der Waals surface area contributed by atoms with Gasteiger partial charge in [0.1, 0.15) is 17.3 Å². The molecule has 1 aromatic heterocycles. The molecule has 0 aliphatic carbocycles. The van der Waals surface area contributed by atoms with Crippen LogP contribution in [0.25, 0.3) is 6.08 Å². The van der Waals surface area contributed by atoms with Gasteiger partial charge in [-0.05, 0) is 67.4 Å². The first-order valence-corrected chi connectivity index (χ1v) is 10.5. The van der Waals surface area contributed by atoms with E-state index < -0.39 is 11.6 Å². The van der Waals surface area contributed by atoms with Gasteiger partial charge in [0.25, 0.3) is 5.91 Å². The predicted molar refractivity (Wildman–Crippen MR) is 122 cm³/mol. The Kier molecular flexibility index (Phi) is 6.85. The van der Waals surface area contributed by atoms with Crippen molar-refractivity contribution in [3.05, 3.63) is 95.3 Å². The van der Waals surface area contributed by atoms with Crippen molar-refractivity contribution >= 4 is 29.8 Å². The third-order valence-electron chi connectivity index (χ3n) is 5.39. The second kappa shape index (κ2) is 10.1. The topological polar surface area (TPSA) is 65.5 Å². The van der Waals surface area contributed by atoms with Gasteiger partial charge < -0.3 is 5.32 Å². The molecular weight excluding hydrogens is 426 g/mol. The summed E-state index contributed by atoms with van der Waals surface area (Å²) in [7, 11) is 0. The van der Waals surface area contributed by atoms with Crippen molar-refractivity contribution < 1.29 is 18.4 Å². The number of hydrogen-bond donors (Lipinski definition) is 1. The van der Waals surface area contributed by atoms with Gasteiger partial charge in [-0.15, -0.1) is 0 Å². The highest BCUT2D eigenvalue weighted by atomic mass is 19.1. The summed E-state index contributed by atoms with van der Waals surface area (Å²) in [6.07, 6.45) is 5.22. The number of halogens is 2. The third kappa shape index (κ3) is 5.48. The Labute approximate surface area is 190 Å². The lowest BCUT2D eigenvalue weighted by Gasteiger charge is -2.35. The molecule has 8 heteroatoms. The smallest absolute Gasteiger partial charge is 0.274 e. The highest BCUT2D eigenvalue weighted by Gasteiger charge is 2.21. The Morgan fingerprint density at radius 2 is 1.79 bits per heavy atom. The van der Waals surface area contributed by atoms with Crippen LogP contribution in [-0.2, 0) is 4.79 Å². The number of hydrogen-bond acceptors (Lipinski definition) is 4. The molecule has 1 aliphatic rings. The van der Waals surface area contributed by atoms with Crippen LogP contribution in [0.5, 0.6) is 0 Å². The van der Waals surface area contributed by atoms with Gasteiger partial charge in [0.2, 0.25) is 6.41 Å². The van der Waals surface area contributed by atoms with Crippen LogP contribution in [-0.4, -0.2) is 35.4 Å². The summed E-state index contributed by atoms with van der Waals surface area (Å²) in [4.78, 5) is 28.1. The fraction of sp³-hybridized carbons (Fsp3) is 0.160. The fourth-order valence-electron chi connectivity index (χ4n) is 3.67. The maximum absolute atomic E-state index is 13.9. The lowest BCUT2D eigenvalue weighted by molar-refractivity contribution is -0.110. The molecule has 0 unspecified atom stereocenters. The monoisotopic (exact) mass is 448 g/mol. The zero-order valence-corrected chi connectivity index (χ0v) is 17.7. The summed E-state index contributed by atoms with van der Waals surface area (Å²) in [5, 5.41) is 6.19. The van der Waals surface area contributed by atoms with Crippen molar-refractivity contribution in [1.82, 2.24) is 9.99 Å². The van der Waals surface area contributed by atoms with Gasteiger partial charge in [-0.1, -0.05) is 17.7 Å². The molecular formula is C25H22F2N4O2. The molecule has 1 N–H and O–H groups in total. The number of pyridine rings is 1. The molecule has 6 nitrogen and oxygen atoms in total. The van der Waals surface area contributed by atoms with Crippen LogP contribution in [0.1, 0.15) is 28.9 Å². The van der Waals surface area contributed by atoms with E-state index in [2.05, 4.69) is 10.3 Å². The maximum atomic E-state index is 13.9. The summed E-state index contributed by atoms with van der Waals surface area (Å²) in [5.41, 5.74) is 2.78. The molecule has 0 atom stereocenters. The number of benzene rings is 2. The number of rotatable bonds is 6. The number of piperidine rings is 1. The third-order valence-corrected chi connectivity index (χ3v) is 5.39. The number of nitrogens with zero attached hydrogens (tertiary/aromatic N) is 3. The molecule has 0 saturated carbocycles. The molecule has 2 aromatic carbocycles. The lowest BCUT2D eigenvalue weighted by Crippen LogP contribution is -2.45. The van der Waals surface area contributed by atoms with Crippen LogP contribution in [0.4, 0.5) is 20.2 Å². The lowest BCUT2D eigenvalue weighted by atomic mass is 10.0. The number of carbonyl (C=O) groups excluding carboxylic acids is 2. The van der Waals surface area contributed by atoms with Gasteiger partial charge in [0, 0.05) is 30.5 Å². The summed E-state index contributed by atoms with van der Waals surface area (Å²) < 4.78 is 27.3. The van der Waals surface area contributed by atoms with Crippen LogP contribution >= 0.6 is 0 Å². The van der Waals surface area contributed by atoms with Crippen molar-refractivity contribution in [2.45, 2.75) is 12.8 Å². The molecule has 168 valence electrons. The molecule has 0 radical (unpaired) electrons. The summed E-state index contributed by atoms with van der Waals surface area (Å²) in [6.45, 7) is 1.11. The Bertz CT molecular complexity index is 1160. The van der Waals surface area contributed by atoms with Gasteiger partial charge in [-0.3, -0.25) is 14.6 Å².